The summed E-state index contributed by atoms with van der Waals surface area (Å²) in [6.07, 6.45) is 0. The lowest BCUT2D eigenvalue weighted by Gasteiger charge is -2.17. The lowest BCUT2D eigenvalue weighted by atomic mass is 10.2. The zero-order valence-corrected chi connectivity index (χ0v) is 10.9. The second-order valence-corrected chi connectivity index (χ2v) is 4.30. The molecule has 0 atom stereocenters. The molecule has 0 N–H and O–H groups in total. The van der Waals surface area contributed by atoms with Crippen molar-refractivity contribution < 1.29 is 9.47 Å². The van der Waals surface area contributed by atoms with Crippen LogP contribution < -0.4 is 4.74 Å². The smallest absolute Gasteiger partial charge is 0.123 e. The van der Waals surface area contributed by atoms with Crippen molar-refractivity contribution in [2.75, 3.05) is 28.0 Å². The summed E-state index contributed by atoms with van der Waals surface area (Å²) in [5, 5.41) is 0. The van der Waals surface area contributed by atoms with E-state index in [1.165, 1.54) is 0 Å². The van der Waals surface area contributed by atoms with Crippen LogP contribution in [0.25, 0.3) is 0 Å². The quantitative estimate of drug-likeness (QED) is 0.770. The Balaban J connectivity index is 2.77. The van der Waals surface area contributed by atoms with Crippen molar-refractivity contribution in [1.82, 2.24) is 4.90 Å². The Kier molecular flexibility index (Phi) is 5.08. The van der Waals surface area contributed by atoms with E-state index in [0.29, 0.717) is 6.73 Å². The van der Waals surface area contributed by atoms with Crippen LogP contribution in [0.4, 0.5) is 0 Å². The molecule has 0 aliphatic carbocycles. The molecule has 0 saturated heterocycles. The second-order valence-electron chi connectivity index (χ2n) is 3.39. The summed E-state index contributed by atoms with van der Waals surface area (Å²) >= 11 is 3.45. The van der Waals surface area contributed by atoms with Gasteiger partial charge in [0.1, 0.15) is 5.75 Å². The fraction of sp³-hybridized carbons (Fsp3) is 0.455. The zero-order chi connectivity index (χ0) is 11.3. The van der Waals surface area contributed by atoms with Gasteiger partial charge in [-0.1, -0.05) is 15.9 Å². The third kappa shape index (κ3) is 3.81. The monoisotopic (exact) mass is 273 g/mol. The Bertz CT molecular complexity index is 317. The molecule has 0 unspecified atom stereocenters. The summed E-state index contributed by atoms with van der Waals surface area (Å²) < 4.78 is 11.4. The molecule has 0 heterocycles. The van der Waals surface area contributed by atoms with E-state index in [-0.39, 0.29) is 0 Å². The minimum atomic E-state index is 0.607. The molecule has 0 saturated carbocycles. The third-order valence-electron chi connectivity index (χ3n) is 2.03. The predicted octanol–water partition coefficient (Wildman–Crippen LogP) is 2.49. The molecular formula is C11H16BrNO2. The van der Waals surface area contributed by atoms with Crippen LogP contribution in [-0.2, 0) is 11.3 Å². The zero-order valence-electron chi connectivity index (χ0n) is 9.29. The van der Waals surface area contributed by atoms with Gasteiger partial charge in [0.15, 0.2) is 0 Å². The average Bonchev–Trinajstić information content (AvgIpc) is 2.18. The number of hydrogen-bond donors (Lipinski definition) is 0. The Hall–Kier alpha value is -0.580. The Morgan fingerprint density at radius 1 is 1.33 bits per heavy atom. The Morgan fingerprint density at radius 2 is 2.07 bits per heavy atom. The summed E-state index contributed by atoms with van der Waals surface area (Å²) in [7, 11) is 5.38. The van der Waals surface area contributed by atoms with Crippen molar-refractivity contribution in [3.63, 3.8) is 0 Å². The number of ether oxygens (including phenoxy) is 2. The van der Waals surface area contributed by atoms with Gasteiger partial charge in [-0.2, -0.15) is 0 Å². The minimum Gasteiger partial charge on any atom is -0.496 e. The van der Waals surface area contributed by atoms with Gasteiger partial charge in [0.05, 0.1) is 13.8 Å². The molecule has 0 radical (unpaired) electrons. The first-order chi connectivity index (χ1) is 7.17. The van der Waals surface area contributed by atoms with E-state index in [1.54, 1.807) is 14.2 Å². The molecule has 0 aromatic heterocycles. The molecule has 0 aliphatic heterocycles. The van der Waals surface area contributed by atoms with Gasteiger partial charge >= 0.3 is 0 Å². The largest absolute Gasteiger partial charge is 0.496 e. The van der Waals surface area contributed by atoms with Gasteiger partial charge in [0, 0.05) is 23.7 Å². The highest BCUT2D eigenvalue weighted by molar-refractivity contribution is 9.10. The molecule has 1 aromatic rings. The van der Waals surface area contributed by atoms with Gasteiger partial charge in [0.2, 0.25) is 0 Å². The number of benzene rings is 1. The lowest BCUT2D eigenvalue weighted by Crippen LogP contribution is -2.20. The first-order valence-corrected chi connectivity index (χ1v) is 5.46. The van der Waals surface area contributed by atoms with Gasteiger partial charge in [-0.3, -0.25) is 4.90 Å². The summed E-state index contributed by atoms with van der Waals surface area (Å²) in [5.41, 5.74) is 1.14. The van der Waals surface area contributed by atoms with Crippen LogP contribution in [0.2, 0.25) is 0 Å². The Morgan fingerprint density at radius 3 is 2.67 bits per heavy atom. The van der Waals surface area contributed by atoms with Crippen LogP contribution >= 0.6 is 15.9 Å². The summed E-state index contributed by atoms with van der Waals surface area (Å²) in [6, 6.07) is 5.99. The number of rotatable bonds is 5. The molecule has 0 bridgehead atoms. The van der Waals surface area contributed by atoms with E-state index >= 15 is 0 Å². The molecule has 1 rings (SSSR count). The van der Waals surface area contributed by atoms with Gasteiger partial charge in [-0.15, -0.1) is 0 Å². The number of halogens is 1. The number of methoxy groups -OCH3 is 2. The van der Waals surface area contributed by atoms with E-state index in [2.05, 4.69) is 26.9 Å². The van der Waals surface area contributed by atoms with Gasteiger partial charge < -0.3 is 9.47 Å². The van der Waals surface area contributed by atoms with Crippen molar-refractivity contribution in [3.05, 3.63) is 28.2 Å². The lowest BCUT2D eigenvalue weighted by molar-refractivity contribution is 0.0766. The third-order valence-corrected chi connectivity index (χ3v) is 2.53. The van der Waals surface area contributed by atoms with Crippen LogP contribution in [-0.4, -0.2) is 32.9 Å². The molecule has 0 fully saturated rings. The van der Waals surface area contributed by atoms with Crippen molar-refractivity contribution in [2.45, 2.75) is 6.54 Å². The molecule has 0 aliphatic rings. The van der Waals surface area contributed by atoms with Crippen LogP contribution in [0.3, 0.4) is 0 Å². The minimum absolute atomic E-state index is 0.607. The van der Waals surface area contributed by atoms with Gasteiger partial charge in [-0.05, 0) is 25.2 Å². The van der Waals surface area contributed by atoms with Crippen molar-refractivity contribution in [2.24, 2.45) is 0 Å². The topological polar surface area (TPSA) is 21.7 Å². The maximum Gasteiger partial charge on any atom is 0.123 e. The maximum atomic E-state index is 5.29. The maximum absolute atomic E-state index is 5.29. The molecule has 15 heavy (non-hydrogen) atoms. The van der Waals surface area contributed by atoms with Gasteiger partial charge in [-0.25, -0.2) is 0 Å². The highest BCUT2D eigenvalue weighted by Gasteiger charge is 2.06. The number of hydrogen-bond acceptors (Lipinski definition) is 3. The van der Waals surface area contributed by atoms with E-state index in [0.717, 1.165) is 22.3 Å². The fourth-order valence-corrected chi connectivity index (χ4v) is 1.84. The molecular weight excluding hydrogens is 258 g/mol. The van der Waals surface area contributed by atoms with Gasteiger partial charge in [0.25, 0.3) is 0 Å². The predicted molar refractivity (Wildman–Crippen MR) is 64.0 cm³/mol. The summed E-state index contributed by atoms with van der Waals surface area (Å²) in [6.45, 7) is 1.41. The first kappa shape index (κ1) is 12.5. The highest BCUT2D eigenvalue weighted by Crippen LogP contribution is 2.23. The molecule has 4 heteroatoms. The van der Waals surface area contributed by atoms with Crippen LogP contribution in [0.1, 0.15) is 5.56 Å². The van der Waals surface area contributed by atoms with E-state index in [9.17, 15) is 0 Å². The van der Waals surface area contributed by atoms with E-state index in [4.69, 9.17) is 9.47 Å². The fourth-order valence-electron chi connectivity index (χ4n) is 1.43. The second kappa shape index (κ2) is 6.10. The van der Waals surface area contributed by atoms with Crippen LogP contribution in [0, 0.1) is 0 Å². The van der Waals surface area contributed by atoms with E-state index < -0.39 is 0 Å². The Labute approximate surface area is 99.1 Å². The molecule has 1 aromatic carbocycles. The van der Waals surface area contributed by atoms with Crippen LogP contribution in [0.15, 0.2) is 22.7 Å². The highest BCUT2D eigenvalue weighted by atomic mass is 79.9. The first-order valence-electron chi connectivity index (χ1n) is 4.67. The van der Waals surface area contributed by atoms with Crippen molar-refractivity contribution >= 4 is 15.9 Å². The van der Waals surface area contributed by atoms with E-state index in [1.807, 2.05) is 19.2 Å². The number of nitrogens with zero attached hydrogens (tertiary/aromatic N) is 1. The summed E-state index contributed by atoms with van der Waals surface area (Å²) in [5.74, 6) is 0.904. The SMILES string of the molecule is COCN(C)Cc1cc(Br)ccc1OC. The van der Waals surface area contributed by atoms with Crippen molar-refractivity contribution in [3.8, 4) is 5.75 Å². The average molecular weight is 274 g/mol. The summed E-state index contributed by atoms with van der Waals surface area (Å²) in [4.78, 5) is 2.07. The molecule has 84 valence electrons. The van der Waals surface area contributed by atoms with Crippen molar-refractivity contribution in [1.29, 1.82) is 0 Å². The normalized spacial score (nSPS) is 10.7. The standard InChI is InChI=1S/C11H16BrNO2/c1-13(8-14-2)7-9-6-10(12)4-5-11(9)15-3/h4-6H,7-8H2,1-3H3. The molecule has 0 amide bonds. The molecule has 3 nitrogen and oxygen atoms in total. The van der Waals surface area contributed by atoms with Crippen LogP contribution in [0.5, 0.6) is 5.75 Å². The molecule has 0 spiro atoms.